The van der Waals surface area contributed by atoms with Gasteiger partial charge in [-0.2, -0.15) is 4.98 Å². The molecule has 1 fully saturated rings. The molecule has 8 heteroatoms. The number of nitrogens with zero attached hydrogens (tertiary/aromatic N) is 2. The lowest BCUT2D eigenvalue weighted by Gasteiger charge is -2.26. The van der Waals surface area contributed by atoms with Crippen molar-refractivity contribution >= 4 is 12.4 Å². The summed E-state index contributed by atoms with van der Waals surface area (Å²) in [7, 11) is 4.06. The normalized spacial score (nSPS) is 19.4. The van der Waals surface area contributed by atoms with Crippen molar-refractivity contribution in [2.45, 2.75) is 51.6 Å². The molecule has 0 aromatic carbocycles. The van der Waals surface area contributed by atoms with Gasteiger partial charge in [-0.1, -0.05) is 13.8 Å². The maximum absolute atomic E-state index is 12.4. The van der Waals surface area contributed by atoms with Gasteiger partial charge in [0, 0.05) is 17.8 Å². The van der Waals surface area contributed by atoms with Gasteiger partial charge in [-0.15, -0.1) is 0 Å². The summed E-state index contributed by atoms with van der Waals surface area (Å²) in [5.74, 6) is 0.150. The fraction of sp³-hybridized carbons (Fsp3) is 0.647. The number of hydrogen-bond donors (Lipinski definition) is 3. The molecule has 1 heterocycles. The topological polar surface area (TPSA) is 115 Å². The zero-order chi connectivity index (χ0) is 19.0. The average molecular weight is 352 g/mol. The Labute approximate surface area is 147 Å². The largest absolute Gasteiger partial charge is 0.483 e. The molecule has 25 heavy (non-hydrogen) atoms. The van der Waals surface area contributed by atoms with Gasteiger partial charge in [-0.3, -0.25) is 9.59 Å². The Balaban J connectivity index is 0.000000970. The molecule has 1 aromatic heterocycles. The first-order valence-electron chi connectivity index (χ1n) is 8.43. The molecule has 2 atom stereocenters. The number of likely N-dealkylation sites (N-methyl/N-ethyl adjacent to an activating group) is 1. The number of nitrogens with one attached hydrogen (secondary N) is 2. The summed E-state index contributed by atoms with van der Waals surface area (Å²) in [5, 5.41) is 9.93. The quantitative estimate of drug-likeness (QED) is 0.678. The molecule has 0 bridgehead atoms. The predicted octanol–water partition coefficient (Wildman–Crippen LogP) is 0.882. The zero-order valence-corrected chi connectivity index (χ0v) is 15.3. The summed E-state index contributed by atoms with van der Waals surface area (Å²) in [6.45, 7) is 3.89. The lowest BCUT2D eigenvalue weighted by Crippen LogP contribution is -2.46. The van der Waals surface area contributed by atoms with Crippen LogP contribution in [0.5, 0.6) is 0 Å². The first-order valence-corrected chi connectivity index (χ1v) is 8.43. The molecule has 0 aliphatic heterocycles. The molecule has 8 nitrogen and oxygen atoms in total. The van der Waals surface area contributed by atoms with Crippen molar-refractivity contribution in [3.8, 4) is 0 Å². The Bertz CT molecular complexity index is 627. The zero-order valence-electron chi connectivity index (χ0n) is 15.3. The molecule has 3 N–H and O–H groups in total. The van der Waals surface area contributed by atoms with Crippen molar-refractivity contribution in [3.05, 3.63) is 27.9 Å². The molecular formula is C17H28N4O4. The van der Waals surface area contributed by atoms with Gasteiger partial charge in [0.25, 0.3) is 12.4 Å². The monoisotopic (exact) mass is 352 g/mol. The molecule has 1 aliphatic rings. The lowest BCUT2D eigenvalue weighted by atomic mass is 10.1. The van der Waals surface area contributed by atoms with Gasteiger partial charge in [-0.05, 0) is 51.8 Å². The molecule has 1 aliphatic carbocycles. The summed E-state index contributed by atoms with van der Waals surface area (Å²) >= 11 is 0. The van der Waals surface area contributed by atoms with Crippen LogP contribution >= 0.6 is 0 Å². The van der Waals surface area contributed by atoms with E-state index in [0.29, 0.717) is 12.0 Å². The molecular weight excluding hydrogens is 324 g/mol. The van der Waals surface area contributed by atoms with E-state index in [1.165, 1.54) is 0 Å². The Kier molecular flexibility index (Phi) is 8.27. The minimum atomic E-state index is -0.459. The first kappa shape index (κ1) is 20.8. The van der Waals surface area contributed by atoms with E-state index in [0.717, 1.165) is 31.4 Å². The summed E-state index contributed by atoms with van der Waals surface area (Å²) < 4.78 is 0. The van der Waals surface area contributed by atoms with Gasteiger partial charge in [0.1, 0.15) is 5.69 Å². The summed E-state index contributed by atoms with van der Waals surface area (Å²) in [6.07, 6.45) is 3.88. The molecule has 1 aromatic rings. The van der Waals surface area contributed by atoms with E-state index in [2.05, 4.69) is 34.0 Å². The fourth-order valence-corrected chi connectivity index (χ4v) is 3.14. The van der Waals surface area contributed by atoms with E-state index in [9.17, 15) is 9.59 Å². The Morgan fingerprint density at radius 3 is 2.68 bits per heavy atom. The molecule has 0 radical (unpaired) electrons. The predicted molar refractivity (Wildman–Crippen MR) is 94.7 cm³/mol. The van der Waals surface area contributed by atoms with E-state index in [1.807, 2.05) is 14.1 Å². The summed E-state index contributed by atoms with van der Waals surface area (Å²) in [5.41, 5.74) is 0.512. The SMILES string of the molecule is CC(C)Cc1cc(C(=O)N[C@@H]2CCC[C@H]2N(C)C)nc(=O)[nH]1.O=CO. The average Bonchev–Trinajstić information content (AvgIpc) is 2.95. The minimum Gasteiger partial charge on any atom is -0.483 e. The van der Waals surface area contributed by atoms with Crippen LogP contribution in [0, 0.1) is 5.92 Å². The van der Waals surface area contributed by atoms with Crippen molar-refractivity contribution in [2.75, 3.05) is 14.1 Å². The number of H-pyrrole nitrogens is 1. The standard InChI is InChI=1S/C16H26N4O2.CH2O2/c1-10(2)8-11-9-13(19-16(22)17-11)15(21)18-12-6-5-7-14(12)20(3)4;2-1-3/h9-10,12,14H,5-8H2,1-4H3,(H,18,21)(H,17,19,22);1H,(H,2,3)/t12-,14-;/m1./s1. The number of carbonyl (C=O) groups excluding carboxylic acids is 1. The van der Waals surface area contributed by atoms with Gasteiger partial charge in [-0.25, -0.2) is 4.79 Å². The van der Waals surface area contributed by atoms with Crippen molar-refractivity contribution in [2.24, 2.45) is 5.92 Å². The third-order valence-electron chi connectivity index (χ3n) is 4.12. The summed E-state index contributed by atoms with van der Waals surface area (Å²) in [6, 6.07) is 2.16. The number of carboxylic acid groups (broad SMARTS) is 1. The van der Waals surface area contributed by atoms with Crippen molar-refractivity contribution < 1.29 is 14.7 Å². The van der Waals surface area contributed by atoms with Crippen molar-refractivity contribution in [1.29, 1.82) is 0 Å². The molecule has 0 saturated heterocycles. The van der Waals surface area contributed by atoms with Crippen LogP contribution in [0.2, 0.25) is 0 Å². The van der Waals surface area contributed by atoms with E-state index in [4.69, 9.17) is 9.90 Å². The van der Waals surface area contributed by atoms with Crippen LogP contribution in [-0.4, -0.2) is 58.5 Å². The van der Waals surface area contributed by atoms with E-state index in [-0.39, 0.29) is 24.1 Å². The maximum atomic E-state index is 12.4. The van der Waals surface area contributed by atoms with Crippen LogP contribution in [0.15, 0.2) is 10.9 Å². The summed E-state index contributed by atoms with van der Waals surface area (Å²) in [4.78, 5) is 41.1. The maximum Gasteiger partial charge on any atom is 0.345 e. The minimum absolute atomic E-state index is 0.122. The number of hydrogen-bond acceptors (Lipinski definition) is 5. The third-order valence-corrected chi connectivity index (χ3v) is 4.12. The van der Waals surface area contributed by atoms with Crippen molar-refractivity contribution in [1.82, 2.24) is 20.2 Å². The number of amides is 1. The highest BCUT2D eigenvalue weighted by Crippen LogP contribution is 2.22. The van der Waals surface area contributed by atoms with E-state index < -0.39 is 5.69 Å². The van der Waals surface area contributed by atoms with Gasteiger partial charge in [0.15, 0.2) is 0 Å². The van der Waals surface area contributed by atoms with Crippen molar-refractivity contribution in [3.63, 3.8) is 0 Å². The number of aromatic nitrogens is 2. The van der Waals surface area contributed by atoms with Gasteiger partial charge < -0.3 is 20.3 Å². The van der Waals surface area contributed by atoms with Crippen LogP contribution in [0.4, 0.5) is 0 Å². The molecule has 140 valence electrons. The van der Waals surface area contributed by atoms with Gasteiger partial charge in [0.05, 0.1) is 0 Å². The van der Waals surface area contributed by atoms with E-state index in [1.54, 1.807) is 6.07 Å². The van der Waals surface area contributed by atoms with Crippen LogP contribution in [0.3, 0.4) is 0 Å². The Morgan fingerprint density at radius 1 is 1.48 bits per heavy atom. The third kappa shape index (κ3) is 6.66. The highest BCUT2D eigenvalue weighted by molar-refractivity contribution is 5.92. The highest BCUT2D eigenvalue weighted by Gasteiger charge is 2.30. The second kappa shape index (κ2) is 9.93. The molecule has 0 spiro atoms. The molecule has 1 saturated carbocycles. The molecule has 0 unspecified atom stereocenters. The van der Waals surface area contributed by atoms with Crippen LogP contribution in [0.1, 0.15) is 49.3 Å². The number of carbonyl (C=O) groups is 2. The second-order valence-corrected chi connectivity index (χ2v) is 6.84. The number of rotatable bonds is 5. The lowest BCUT2D eigenvalue weighted by molar-refractivity contribution is -0.122. The smallest absolute Gasteiger partial charge is 0.345 e. The van der Waals surface area contributed by atoms with Crippen LogP contribution in [-0.2, 0) is 11.2 Å². The highest BCUT2D eigenvalue weighted by atomic mass is 16.3. The van der Waals surface area contributed by atoms with E-state index >= 15 is 0 Å². The molecule has 2 rings (SSSR count). The van der Waals surface area contributed by atoms with Gasteiger partial charge >= 0.3 is 5.69 Å². The second-order valence-electron chi connectivity index (χ2n) is 6.84. The molecule has 1 amide bonds. The van der Waals surface area contributed by atoms with Gasteiger partial charge in [0.2, 0.25) is 0 Å². The Morgan fingerprint density at radius 2 is 2.12 bits per heavy atom. The first-order chi connectivity index (χ1) is 11.8. The number of aromatic amines is 1. The van der Waals surface area contributed by atoms with Crippen LogP contribution in [0.25, 0.3) is 0 Å². The fourth-order valence-electron chi connectivity index (χ4n) is 3.14. The Hall–Kier alpha value is -2.22. The van der Waals surface area contributed by atoms with Crippen LogP contribution < -0.4 is 11.0 Å².